The summed E-state index contributed by atoms with van der Waals surface area (Å²) in [7, 11) is 0. The fraction of sp³-hybridized carbons (Fsp3) is 0.714. The summed E-state index contributed by atoms with van der Waals surface area (Å²) < 4.78 is 1.81. The van der Waals surface area contributed by atoms with Crippen molar-refractivity contribution in [1.29, 1.82) is 0 Å². The maximum atomic E-state index is 12.4. The number of piperidine rings is 1. The summed E-state index contributed by atoms with van der Waals surface area (Å²) in [6, 6.07) is 2.52. The molecule has 3 heterocycles. The molecule has 1 amide bonds. The highest BCUT2D eigenvalue weighted by Crippen LogP contribution is 2.25. The minimum absolute atomic E-state index is 0.197. The lowest BCUT2D eigenvalue weighted by Crippen LogP contribution is -2.41. The van der Waals surface area contributed by atoms with Crippen molar-refractivity contribution in [3.05, 3.63) is 17.5 Å². The van der Waals surface area contributed by atoms with Crippen LogP contribution >= 0.6 is 0 Å². The van der Waals surface area contributed by atoms with E-state index in [-0.39, 0.29) is 5.91 Å². The third kappa shape index (κ3) is 2.52. The fourth-order valence-corrected chi connectivity index (χ4v) is 3.31. The summed E-state index contributed by atoms with van der Waals surface area (Å²) in [5.41, 5.74) is 2.03. The first-order valence-corrected chi connectivity index (χ1v) is 7.15. The van der Waals surface area contributed by atoms with Gasteiger partial charge in [-0.3, -0.25) is 9.48 Å². The molecule has 2 unspecified atom stereocenters. The van der Waals surface area contributed by atoms with Crippen molar-refractivity contribution in [2.24, 2.45) is 5.92 Å². The van der Waals surface area contributed by atoms with Gasteiger partial charge < -0.3 is 10.2 Å². The van der Waals surface area contributed by atoms with E-state index in [9.17, 15) is 4.79 Å². The summed E-state index contributed by atoms with van der Waals surface area (Å²) >= 11 is 0. The second kappa shape index (κ2) is 4.96. The Labute approximate surface area is 114 Å². The number of aryl methyl sites for hydroxylation is 2. The van der Waals surface area contributed by atoms with Gasteiger partial charge in [-0.25, -0.2) is 0 Å². The van der Waals surface area contributed by atoms with Gasteiger partial charge in [0, 0.05) is 24.8 Å². The van der Waals surface area contributed by atoms with Gasteiger partial charge >= 0.3 is 0 Å². The highest BCUT2D eigenvalue weighted by molar-refractivity contribution is 5.76. The fourth-order valence-electron chi connectivity index (χ4n) is 3.31. The number of rotatable bonds is 2. The van der Waals surface area contributed by atoms with E-state index < -0.39 is 0 Å². The van der Waals surface area contributed by atoms with Crippen molar-refractivity contribution in [2.45, 2.75) is 39.3 Å². The number of hydrogen-bond donors (Lipinski definition) is 1. The van der Waals surface area contributed by atoms with E-state index in [0.717, 1.165) is 31.0 Å². The molecule has 5 heteroatoms. The topological polar surface area (TPSA) is 50.2 Å². The van der Waals surface area contributed by atoms with E-state index in [1.54, 1.807) is 0 Å². The Morgan fingerprint density at radius 1 is 1.47 bits per heavy atom. The summed E-state index contributed by atoms with van der Waals surface area (Å²) in [4.78, 5) is 14.4. The van der Waals surface area contributed by atoms with Crippen molar-refractivity contribution >= 4 is 5.91 Å². The highest BCUT2D eigenvalue weighted by Gasteiger charge is 2.36. The summed E-state index contributed by atoms with van der Waals surface area (Å²) in [5.74, 6) is 0.848. The van der Waals surface area contributed by atoms with Gasteiger partial charge in [0.25, 0.3) is 0 Å². The minimum Gasteiger partial charge on any atom is -0.339 e. The van der Waals surface area contributed by atoms with Crippen LogP contribution in [-0.4, -0.2) is 46.3 Å². The summed E-state index contributed by atoms with van der Waals surface area (Å²) in [5, 5.41) is 7.89. The Hall–Kier alpha value is -1.36. The van der Waals surface area contributed by atoms with Crippen LogP contribution in [0.2, 0.25) is 0 Å². The van der Waals surface area contributed by atoms with Crippen LogP contribution in [0.3, 0.4) is 0 Å². The van der Waals surface area contributed by atoms with Crippen LogP contribution in [0.15, 0.2) is 6.07 Å². The van der Waals surface area contributed by atoms with Gasteiger partial charge in [-0.15, -0.1) is 0 Å². The number of nitrogens with zero attached hydrogens (tertiary/aromatic N) is 3. The molecule has 0 spiro atoms. The predicted octanol–water partition coefficient (Wildman–Crippen LogP) is 0.710. The van der Waals surface area contributed by atoms with Crippen molar-refractivity contribution in [2.75, 3.05) is 19.6 Å². The van der Waals surface area contributed by atoms with E-state index in [2.05, 4.69) is 10.4 Å². The van der Waals surface area contributed by atoms with E-state index >= 15 is 0 Å². The molecule has 0 aromatic carbocycles. The van der Waals surface area contributed by atoms with Crippen molar-refractivity contribution < 1.29 is 4.79 Å². The van der Waals surface area contributed by atoms with Gasteiger partial charge in [-0.2, -0.15) is 5.10 Å². The van der Waals surface area contributed by atoms with Crippen LogP contribution < -0.4 is 5.32 Å². The van der Waals surface area contributed by atoms with E-state index in [0.29, 0.717) is 18.5 Å². The average molecular weight is 262 g/mol. The Morgan fingerprint density at radius 3 is 3.00 bits per heavy atom. The van der Waals surface area contributed by atoms with Gasteiger partial charge in [0.15, 0.2) is 0 Å². The molecule has 2 saturated heterocycles. The lowest BCUT2D eigenvalue weighted by molar-refractivity contribution is -0.131. The maximum Gasteiger partial charge on any atom is 0.244 e. The smallest absolute Gasteiger partial charge is 0.244 e. The average Bonchev–Trinajstić information content (AvgIpc) is 2.93. The van der Waals surface area contributed by atoms with Crippen molar-refractivity contribution in [1.82, 2.24) is 20.0 Å². The maximum absolute atomic E-state index is 12.4. The first kappa shape index (κ1) is 12.7. The molecule has 1 aromatic rings. The van der Waals surface area contributed by atoms with Crippen LogP contribution in [0.1, 0.15) is 24.2 Å². The van der Waals surface area contributed by atoms with Gasteiger partial charge in [-0.05, 0) is 45.2 Å². The zero-order valence-corrected chi connectivity index (χ0v) is 11.7. The number of fused-ring (bicyclic) bond motifs is 1. The standard InChI is InChI=1S/C14H22N4O/c1-10-6-11(2)18(16-10)9-14(19)17-7-12-4-3-5-15-13(12)8-17/h6,12-13,15H,3-5,7-9H2,1-2H3. The van der Waals surface area contributed by atoms with Gasteiger partial charge in [0.2, 0.25) is 5.91 Å². The third-order valence-corrected chi connectivity index (χ3v) is 4.34. The molecular formula is C14H22N4O. The Balaban J connectivity index is 1.63. The zero-order valence-electron chi connectivity index (χ0n) is 11.7. The second-order valence-corrected chi connectivity index (χ2v) is 5.85. The van der Waals surface area contributed by atoms with Crippen LogP contribution in [0.4, 0.5) is 0 Å². The normalized spacial score (nSPS) is 26.5. The number of carbonyl (C=O) groups is 1. The molecule has 1 aromatic heterocycles. The molecule has 0 aliphatic carbocycles. The third-order valence-electron chi connectivity index (χ3n) is 4.34. The molecule has 2 fully saturated rings. The molecule has 1 N–H and O–H groups in total. The predicted molar refractivity (Wildman–Crippen MR) is 72.8 cm³/mol. The quantitative estimate of drug-likeness (QED) is 0.854. The number of hydrogen-bond acceptors (Lipinski definition) is 3. The van der Waals surface area contributed by atoms with Crippen molar-refractivity contribution in [3.63, 3.8) is 0 Å². The SMILES string of the molecule is Cc1cc(C)n(CC(=O)N2CC3CCCNC3C2)n1. The molecule has 5 nitrogen and oxygen atoms in total. The monoisotopic (exact) mass is 262 g/mol. The molecule has 0 saturated carbocycles. The van der Waals surface area contributed by atoms with E-state index in [1.165, 1.54) is 12.8 Å². The molecule has 2 aliphatic heterocycles. The summed E-state index contributed by atoms with van der Waals surface area (Å²) in [6.07, 6.45) is 2.49. The first-order chi connectivity index (χ1) is 9.13. The number of nitrogens with one attached hydrogen (secondary N) is 1. The van der Waals surface area contributed by atoms with E-state index in [4.69, 9.17) is 0 Å². The van der Waals surface area contributed by atoms with Crippen LogP contribution in [0.25, 0.3) is 0 Å². The van der Waals surface area contributed by atoms with Crippen molar-refractivity contribution in [3.8, 4) is 0 Å². The Kier molecular flexibility index (Phi) is 3.31. The molecule has 0 radical (unpaired) electrons. The number of likely N-dealkylation sites (tertiary alicyclic amines) is 1. The lowest BCUT2D eigenvalue weighted by Gasteiger charge is -2.24. The molecule has 104 valence electrons. The lowest BCUT2D eigenvalue weighted by atomic mass is 9.94. The van der Waals surface area contributed by atoms with Crippen LogP contribution in [0, 0.1) is 19.8 Å². The molecule has 0 bridgehead atoms. The number of amides is 1. The second-order valence-electron chi connectivity index (χ2n) is 5.85. The molecule has 19 heavy (non-hydrogen) atoms. The van der Waals surface area contributed by atoms with Crippen LogP contribution in [0.5, 0.6) is 0 Å². The largest absolute Gasteiger partial charge is 0.339 e. The number of aromatic nitrogens is 2. The summed E-state index contributed by atoms with van der Waals surface area (Å²) in [6.45, 7) is 7.21. The highest BCUT2D eigenvalue weighted by atomic mass is 16.2. The molecule has 2 aliphatic rings. The van der Waals surface area contributed by atoms with Gasteiger partial charge in [0.05, 0.1) is 5.69 Å². The first-order valence-electron chi connectivity index (χ1n) is 7.15. The zero-order chi connectivity index (χ0) is 13.4. The minimum atomic E-state index is 0.197. The van der Waals surface area contributed by atoms with Gasteiger partial charge in [-0.1, -0.05) is 0 Å². The van der Waals surface area contributed by atoms with E-state index in [1.807, 2.05) is 29.5 Å². The van der Waals surface area contributed by atoms with Gasteiger partial charge in [0.1, 0.15) is 6.54 Å². The molecular weight excluding hydrogens is 240 g/mol. The number of carbonyl (C=O) groups excluding carboxylic acids is 1. The molecule has 2 atom stereocenters. The Morgan fingerprint density at radius 2 is 2.32 bits per heavy atom. The Bertz CT molecular complexity index is 468. The molecule has 3 rings (SSSR count). The van der Waals surface area contributed by atoms with Crippen LogP contribution in [-0.2, 0) is 11.3 Å².